The molecule has 1 atom stereocenters. The Balaban J connectivity index is 1.94. The highest BCUT2D eigenvalue weighted by Gasteiger charge is 2.21. The molecule has 0 bridgehead atoms. The molecule has 2 nitrogen and oxygen atoms in total. The fourth-order valence-electron chi connectivity index (χ4n) is 2.05. The maximum atomic E-state index is 6.14. The van der Waals surface area contributed by atoms with Crippen LogP contribution in [0.4, 0.5) is 0 Å². The Kier molecular flexibility index (Phi) is 6.65. The highest BCUT2D eigenvalue weighted by molar-refractivity contribution is 7.99. The van der Waals surface area contributed by atoms with E-state index < -0.39 is 0 Å². The third-order valence-corrected chi connectivity index (χ3v) is 4.15. The summed E-state index contributed by atoms with van der Waals surface area (Å²) in [5.74, 6) is 3.13. The quantitative estimate of drug-likeness (QED) is 0.664. The van der Waals surface area contributed by atoms with E-state index in [0.29, 0.717) is 6.04 Å². The van der Waals surface area contributed by atoms with Gasteiger partial charge in [0, 0.05) is 25.5 Å². The number of methoxy groups -OCH3 is 1. The van der Waals surface area contributed by atoms with Gasteiger partial charge in [0.15, 0.2) is 0 Å². The third-order valence-electron chi connectivity index (χ3n) is 2.95. The number of hydrogen-bond acceptors (Lipinski definition) is 3. The Morgan fingerprint density at radius 2 is 2.14 bits per heavy atom. The summed E-state index contributed by atoms with van der Waals surface area (Å²) in [5.41, 5.74) is 6.14. The first kappa shape index (κ1) is 12.3. The molecule has 0 heterocycles. The Labute approximate surface area is 92.0 Å². The van der Waals surface area contributed by atoms with Gasteiger partial charge < -0.3 is 10.5 Å². The molecule has 1 unspecified atom stereocenters. The molecule has 0 aromatic heterocycles. The van der Waals surface area contributed by atoms with Gasteiger partial charge in [0.2, 0.25) is 0 Å². The van der Waals surface area contributed by atoms with Crippen LogP contribution in [0.15, 0.2) is 0 Å². The van der Waals surface area contributed by atoms with Crippen molar-refractivity contribution >= 4 is 11.8 Å². The number of thioether (sulfide) groups is 1. The predicted molar refractivity (Wildman–Crippen MR) is 63.8 cm³/mol. The van der Waals surface area contributed by atoms with E-state index in [1.54, 1.807) is 7.11 Å². The second-order valence-electron chi connectivity index (χ2n) is 4.13. The van der Waals surface area contributed by atoms with Crippen LogP contribution in [0.1, 0.15) is 32.1 Å². The van der Waals surface area contributed by atoms with Crippen LogP contribution in [-0.4, -0.2) is 31.3 Å². The molecule has 14 heavy (non-hydrogen) atoms. The van der Waals surface area contributed by atoms with Gasteiger partial charge in [-0.25, -0.2) is 0 Å². The minimum atomic E-state index is 0.435. The van der Waals surface area contributed by atoms with E-state index in [-0.39, 0.29) is 0 Å². The Bertz CT molecular complexity index is 137. The van der Waals surface area contributed by atoms with E-state index >= 15 is 0 Å². The average Bonchev–Trinajstić information content (AvgIpc) is 2.70. The fraction of sp³-hybridized carbons (Fsp3) is 1.00. The summed E-state index contributed by atoms with van der Waals surface area (Å²) in [6.07, 6.45) is 6.66. The van der Waals surface area contributed by atoms with Gasteiger partial charge in [-0.3, -0.25) is 0 Å². The predicted octanol–water partition coefficient (Wildman–Crippen LogP) is 2.27. The van der Waals surface area contributed by atoms with E-state index in [1.807, 2.05) is 11.8 Å². The molecule has 2 N–H and O–H groups in total. The van der Waals surface area contributed by atoms with Crippen LogP contribution in [0, 0.1) is 5.92 Å². The van der Waals surface area contributed by atoms with Crippen LogP contribution in [0.3, 0.4) is 0 Å². The number of hydrogen-bond donors (Lipinski definition) is 1. The van der Waals surface area contributed by atoms with Gasteiger partial charge in [0.05, 0.1) is 0 Å². The normalized spacial score (nSPS) is 20.1. The van der Waals surface area contributed by atoms with E-state index in [2.05, 4.69) is 0 Å². The second kappa shape index (κ2) is 7.55. The van der Waals surface area contributed by atoms with Gasteiger partial charge in [0.25, 0.3) is 0 Å². The zero-order chi connectivity index (χ0) is 10.2. The molecule has 1 saturated carbocycles. The molecule has 0 spiro atoms. The zero-order valence-electron chi connectivity index (χ0n) is 9.21. The lowest BCUT2D eigenvalue weighted by atomic mass is 10.0. The van der Waals surface area contributed by atoms with Crippen molar-refractivity contribution in [1.29, 1.82) is 0 Å². The van der Waals surface area contributed by atoms with Crippen molar-refractivity contribution in [3.63, 3.8) is 0 Å². The summed E-state index contributed by atoms with van der Waals surface area (Å²) in [7, 11) is 1.76. The van der Waals surface area contributed by atoms with Crippen LogP contribution in [0.25, 0.3) is 0 Å². The number of nitrogens with two attached hydrogens (primary N) is 1. The van der Waals surface area contributed by atoms with Gasteiger partial charge >= 0.3 is 0 Å². The average molecular weight is 217 g/mol. The van der Waals surface area contributed by atoms with Crippen molar-refractivity contribution in [3.8, 4) is 0 Å². The number of ether oxygens (including phenoxy) is 1. The molecule has 0 saturated heterocycles. The zero-order valence-corrected chi connectivity index (χ0v) is 10.0. The first-order valence-electron chi connectivity index (χ1n) is 5.67. The summed E-state index contributed by atoms with van der Waals surface area (Å²) in [4.78, 5) is 0. The molecule has 1 aliphatic carbocycles. The smallest absolute Gasteiger partial charge is 0.0470 e. The van der Waals surface area contributed by atoms with Crippen molar-refractivity contribution in [2.75, 3.05) is 25.2 Å². The third kappa shape index (κ3) is 4.67. The van der Waals surface area contributed by atoms with Gasteiger partial charge in [-0.2, -0.15) is 11.8 Å². The number of rotatable bonds is 7. The van der Waals surface area contributed by atoms with Crippen LogP contribution < -0.4 is 5.73 Å². The highest BCUT2D eigenvalue weighted by atomic mass is 32.2. The van der Waals surface area contributed by atoms with Crippen LogP contribution in [0.5, 0.6) is 0 Å². The second-order valence-corrected chi connectivity index (χ2v) is 5.28. The molecule has 0 aliphatic heterocycles. The minimum Gasteiger partial charge on any atom is -0.385 e. The lowest BCUT2D eigenvalue weighted by molar-refractivity contribution is 0.200. The fourth-order valence-corrected chi connectivity index (χ4v) is 3.08. The topological polar surface area (TPSA) is 35.2 Å². The molecule has 1 rings (SSSR count). The molecule has 3 heteroatoms. The van der Waals surface area contributed by atoms with Crippen molar-refractivity contribution in [2.24, 2.45) is 11.7 Å². The Morgan fingerprint density at radius 3 is 2.79 bits per heavy atom. The lowest BCUT2D eigenvalue weighted by Gasteiger charge is -2.17. The summed E-state index contributed by atoms with van der Waals surface area (Å²) in [6, 6.07) is 0.435. The van der Waals surface area contributed by atoms with Gasteiger partial charge in [-0.15, -0.1) is 0 Å². The summed E-state index contributed by atoms with van der Waals surface area (Å²) in [6.45, 7) is 0.881. The van der Waals surface area contributed by atoms with Crippen molar-refractivity contribution in [3.05, 3.63) is 0 Å². The Hall–Kier alpha value is 0.270. The van der Waals surface area contributed by atoms with Crippen molar-refractivity contribution in [1.82, 2.24) is 0 Å². The van der Waals surface area contributed by atoms with E-state index in [0.717, 1.165) is 24.7 Å². The summed E-state index contributed by atoms with van der Waals surface area (Å²) >= 11 is 1.98. The molecule has 0 amide bonds. The van der Waals surface area contributed by atoms with Crippen molar-refractivity contribution < 1.29 is 4.74 Å². The monoisotopic (exact) mass is 217 g/mol. The van der Waals surface area contributed by atoms with Gasteiger partial charge in [-0.1, -0.05) is 12.8 Å². The summed E-state index contributed by atoms with van der Waals surface area (Å²) in [5, 5.41) is 0. The maximum absolute atomic E-state index is 6.14. The first-order chi connectivity index (χ1) is 6.84. The first-order valence-corrected chi connectivity index (χ1v) is 6.82. The van der Waals surface area contributed by atoms with Gasteiger partial charge in [-0.05, 0) is 30.9 Å². The van der Waals surface area contributed by atoms with Gasteiger partial charge in [0.1, 0.15) is 0 Å². The van der Waals surface area contributed by atoms with E-state index in [9.17, 15) is 0 Å². The SMILES string of the molecule is COCCCSCC(N)C1CCCC1. The van der Waals surface area contributed by atoms with Crippen LogP contribution in [0.2, 0.25) is 0 Å². The van der Waals surface area contributed by atoms with Crippen molar-refractivity contribution in [2.45, 2.75) is 38.1 Å². The molecule has 0 aromatic carbocycles. The molecule has 84 valence electrons. The highest BCUT2D eigenvalue weighted by Crippen LogP contribution is 2.28. The minimum absolute atomic E-state index is 0.435. The van der Waals surface area contributed by atoms with E-state index in [1.165, 1.54) is 31.4 Å². The molecular formula is C11H23NOS. The standard InChI is InChI=1S/C11H23NOS/c1-13-7-4-8-14-9-11(12)10-5-2-3-6-10/h10-11H,2-9,12H2,1H3. The molecule has 1 fully saturated rings. The molecule has 0 radical (unpaired) electrons. The Morgan fingerprint density at radius 1 is 1.43 bits per heavy atom. The molecule has 1 aliphatic rings. The molecular weight excluding hydrogens is 194 g/mol. The summed E-state index contributed by atoms with van der Waals surface area (Å²) < 4.78 is 5.00. The van der Waals surface area contributed by atoms with Crippen LogP contribution in [-0.2, 0) is 4.74 Å². The molecule has 0 aromatic rings. The maximum Gasteiger partial charge on any atom is 0.0470 e. The lowest BCUT2D eigenvalue weighted by Crippen LogP contribution is -2.30. The van der Waals surface area contributed by atoms with Crippen LogP contribution >= 0.6 is 11.8 Å². The largest absolute Gasteiger partial charge is 0.385 e. The van der Waals surface area contributed by atoms with E-state index in [4.69, 9.17) is 10.5 Å².